The maximum Gasteiger partial charge on any atom is 0.127 e. The van der Waals surface area contributed by atoms with Gasteiger partial charge in [0.2, 0.25) is 0 Å². The third-order valence-electron chi connectivity index (χ3n) is 4.60. The Hall–Kier alpha value is -1.02. The van der Waals surface area contributed by atoms with Crippen LogP contribution in [0, 0.1) is 11.8 Å². The van der Waals surface area contributed by atoms with Gasteiger partial charge in [0.1, 0.15) is 12.3 Å². The molecule has 2 heteroatoms. The van der Waals surface area contributed by atoms with E-state index in [4.69, 9.17) is 4.74 Å². The second-order valence-corrected chi connectivity index (χ2v) is 5.68. The monoisotopic (exact) mass is 248 g/mol. The van der Waals surface area contributed by atoms with Crippen molar-refractivity contribution in [3.8, 4) is 5.75 Å². The summed E-state index contributed by atoms with van der Waals surface area (Å²) in [5, 5.41) is 2.51. The Morgan fingerprint density at radius 3 is 2.78 bits per heavy atom. The number of nitrogens with two attached hydrogens (primary N) is 1. The fraction of sp³-hybridized carbons (Fsp3) is 0.625. The summed E-state index contributed by atoms with van der Waals surface area (Å²) in [6.07, 6.45) is 4.15. The second-order valence-electron chi connectivity index (χ2n) is 5.68. The van der Waals surface area contributed by atoms with Crippen molar-refractivity contribution in [3.63, 3.8) is 0 Å². The molecular formula is C16H26NO+. The van der Waals surface area contributed by atoms with E-state index in [-0.39, 0.29) is 0 Å². The minimum absolute atomic E-state index is 0.777. The number of para-hydroxylation sites is 1. The van der Waals surface area contributed by atoms with Gasteiger partial charge in [0.15, 0.2) is 0 Å². The Morgan fingerprint density at radius 1 is 1.22 bits per heavy atom. The number of hydrogen-bond acceptors (Lipinski definition) is 1. The molecule has 18 heavy (non-hydrogen) atoms. The third kappa shape index (κ3) is 3.05. The van der Waals surface area contributed by atoms with E-state index >= 15 is 0 Å². The molecule has 100 valence electrons. The summed E-state index contributed by atoms with van der Waals surface area (Å²) in [6, 6.07) is 9.13. The van der Waals surface area contributed by atoms with Crippen molar-refractivity contribution in [1.82, 2.24) is 0 Å². The molecule has 1 aromatic carbocycles. The van der Waals surface area contributed by atoms with Crippen LogP contribution in [-0.4, -0.2) is 13.2 Å². The SMILES string of the molecule is COc1ccccc1C[NH2+][C@H]1CCC[C@H](C)[C@H]1C. The van der Waals surface area contributed by atoms with Crippen molar-refractivity contribution >= 4 is 0 Å². The molecule has 0 aliphatic heterocycles. The molecule has 1 fully saturated rings. The fourth-order valence-electron chi connectivity index (χ4n) is 3.11. The fourth-order valence-corrected chi connectivity index (χ4v) is 3.11. The minimum Gasteiger partial charge on any atom is -0.496 e. The zero-order valence-electron chi connectivity index (χ0n) is 11.9. The number of rotatable bonds is 4. The molecule has 1 aliphatic carbocycles. The molecule has 3 atom stereocenters. The van der Waals surface area contributed by atoms with Gasteiger partial charge in [-0.2, -0.15) is 0 Å². The van der Waals surface area contributed by atoms with E-state index < -0.39 is 0 Å². The lowest BCUT2D eigenvalue weighted by molar-refractivity contribution is -0.713. The maximum atomic E-state index is 5.41. The molecule has 2 nitrogen and oxygen atoms in total. The van der Waals surface area contributed by atoms with Crippen LogP contribution in [0.4, 0.5) is 0 Å². The standard InChI is InChI=1S/C16H25NO/c1-12-7-6-9-15(13(12)2)17-11-14-8-4-5-10-16(14)18-3/h4-5,8,10,12-13,15,17H,6-7,9,11H2,1-3H3/p+1/t12-,13+,15-/m0/s1. The van der Waals surface area contributed by atoms with E-state index in [1.165, 1.54) is 24.8 Å². The van der Waals surface area contributed by atoms with Crippen molar-refractivity contribution in [1.29, 1.82) is 0 Å². The first-order chi connectivity index (χ1) is 8.72. The minimum atomic E-state index is 0.777. The molecule has 2 rings (SSSR count). The number of ether oxygens (including phenoxy) is 1. The van der Waals surface area contributed by atoms with Crippen molar-refractivity contribution in [2.24, 2.45) is 11.8 Å². The maximum absolute atomic E-state index is 5.41. The predicted molar refractivity (Wildman–Crippen MR) is 74.6 cm³/mol. The Labute approximate surface area is 111 Å². The van der Waals surface area contributed by atoms with Crippen LogP contribution < -0.4 is 10.1 Å². The summed E-state index contributed by atoms with van der Waals surface area (Å²) in [5.74, 6) is 2.72. The first-order valence-corrected chi connectivity index (χ1v) is 7.17. The Kier molecular flexibility index (Phi) is 4.65. The zero-order valence-corrected chi connectivity index (χ0v) is 11.9. The molecule has 1 aliphatic rings. The molecule has 0 bridgehead atoms. The molecule has 0 radical (unpaired) electrons. The highest BCUT2D eigenvalue weighted by Gasteiger charge is 2.29. The van der Waals surface area contributed by atoms with Crippen LogP contribution in [0.25, 0.3) is 0 Å². The molecule has 0 heterocycles. The van der Waals surface area contributed by atoms with Gasteiger partial charge in [0, 0.05) is 11.5 Å². The van der Waals surface area contributed by atoms with Crippen molar-refractivity contribution < 1.29 is 10.1 Å². The van der Waals surface area contributed by atoms with Crippen LogP contribution in [0.5, 0.6) is 5.75 Å². The smallest absolute Gasteiger partial charge is 0.127 e. The summed E-state index contributed by atoms with van der Waals surface area (Å²) in [6.45, 7) is 5.84. The average molecular weight is 248 g/mol. The molecular weight excluding hydrogens is 222 g/mol. The van der Waals surface area contributed by atoms with Gasteiger partial charge in [0.05, 0.1) is 13.2 Å². The van der Waals surface area contributed by atoms with Crippen LogP contribution in [0.15, 0.2) is 24.3 Å². The summed E-state index contributed by atoms with van der Waals surface area (Å²) in [4.78, 5) is 0. The van der Waals surface area contributed by atoms with Gasteiger partial charge < -0.3 is 10.1 Å². The van der Waals surface area contributed by atoms with Crippen LogP contribution in [0.1, 0.15) is 38.7 Å². The number of hydrogen-bond donors (Lipinski definition) is 1. The van der Waals surface area contributed by atoms with Gasteiger partial charge in [-0.1, -0.05) is 26.0 Å². The highest BCUT2D eigenvalue weighted by Crippen LogP contribution is 2.27. The molecule has 1 saturated carbocycles. The van der Waals surface area contributed by atoms with E-state index in [2.05, 4.69) is 37.4 Å². The van der Waals surface area contributed by atoms with Gasteiger partial charge in [-0.05, 0) is 37.3 Å². The lowest BCUT2D eigenvalue weighted by Gasteiger charge is -2.32. The molecule has 0 aromatic heterocycles. The highest BCUT2D eigenvalue weighted by molar-refractivity contribution is 5.32. The Balaban J connectivity index is 1.94. The van der Waals surface area contributed by atoms with Crippen LogP contribution in [0.2, 0.25) is 0 Å². The topological polar surface area (TPSA) is 25.8 Å². The van der Waals surface area contributed by atoms with Crippen LogP contribution >= 0.6 is 0 Å². The van der Waals surface area contributed by atoms with Crippen molar-refractivity contribution in [2.45, 2.75) is 45.7 Å². The number of quaternary nitrogens is 1. The van der Waals surface area contributed by atoms with Gasteiger partial charge >= 0.3 is 0 Å². The van der Waals surface area contributed by atoms with Crippen LogP contribution in [-0.2, 0) is 6.54 Å². The summed E-state index contributed by atoms with van der Waals surface area (Å²) >= 11 is 0. The predicted octanol–water partition coefficient (Wildman–Crippen LogP) is 2.58. The lowest BCUT2D eigenvalue weighted by Crippen LogP contribution is -2.90. The lowest BCUT2D eigenvalue weighted by atomic mass is 9.78. The third-order valence-corrected chi connectivity index (χ3v) is 4.60. The first-order valence-electron chi connectivity index (χ1n) is 7.17. The van der Waals surface area contributed by atoms with Crippen LogP contribution in [0.3, 0.4) is 0 Å². The molecule has 0 amide bonds. The second kappa shape index (κ2) is 6.24. The Morgan fingerprint density at radius 2 is 2.00 bits per heavy atom. The zero-order chi connectivity index (χ0) is 13.0. The van der Waals surface area contributed by atoms with Gasteiger partial charge in [-0.15, -0.1) is 0 Å². The van der Waals surface area contributed by atoms with E-state index in [1.807, 2.05) is 6.07 Å². The summed E-state index contributed by atoms with van der Waals surface area (Å²) in [7, 11) is 1.75. The average Bonchev–Trinajstić information content (AvgIpc) is 2.41. The van der Waals surface area contributed by atoms with E-state index in [0.29, 0.717) is 0 Å². The summed E-state index contributed by atoms with van der Waals surface area (Å²) < 4.78 is 5.41. The van der Waals surface area contributed by atoms with Gasteiger partial charge in [0.25, 0.3) is 0 Å². The molecule has 0 spiro atoms. The Bertz CT molecular complexity index is 377. The largest absolute Gasteiger partial charge is 0.496 e. The number of methoxy groups -OCH3 is 1. The molecule has 0 saturated heterocycles. The van der Waals surface area contributed by atoms with Gasteiger partial charge in [-0.3, -0.25) is 0 Å². The van der Waals surface area contributed by atoms with E-state index in [1.54, 1.807) is 7.11 Å². The normalized spacial score (nSPS) is 28.1. The highest BCUT2D eigenvalue weighted by atomic mass is 16.5. The first kappa shape index (κ1) is 13.4. The summed E-state index contributed by atoms with van der Waals surface area (Å²) in [5.41, 5.74) is 1.31. The molecule has 0 unspecified atom stereocenters. The molecule has 2 N–H and O–H groups in total. The molecule has 1 aromatic rings. The van der Waals surface area contributed by atoms with Crippen molar-refractivity contribution in [3.05, 3.63) is 29.8 Å². The van der Waals surface area contributed by atoms with Gasteiger partial charge in [-0.25, -0.2) is 0 Å². The van der Waals surface area contributed by atoms with E-state index in [9.17, 15) is 0 Å². The number of benzene rings is 1. The van der Waals surface area contributed by atoms with E-state index in [0.717, 1.165) is 30.2 Å². The quantitative estimate of drug-likeness (QED) is 0.870. The van der Waals surface area contributed by atoms with Crippen molar-refractivity contribution in [2.75, 3.05) is 7.11 Å².